The lowest BCUT2D eigenvalue weighted by Crippen LogP contribution is -2.34. The van der Waals surface area contributed by atoms with E-state index < -0.39 is 5.41 Å². The second-order valence-electron chi connectivity index (χ2n) is 28.8. The van der Waals surface area contributed by atoms with Gasteiger partial charge in [0.2, 0.25) is 0 Å². The Morgan fingerprint density at radius 3 is 1.11 bits per heavy atom. The summed E-state index contributed by atoms with van der Waals surface area (Å²) in [5.41, 5.74) is 25.0. The van der Waals surface area contributed by atoms with Crippen molar-refractivity contribution in [3.63, 3.8) is 0 Å². The number of benzene rings is 8. The van der Waals surface area contributed by atoms with Crippen LogP contribution in [-0.4, -0.2) is 9.13 Å². The highest BCUT2D eigenvalue weighted by Crippen LogP contribution is 2.63. The Bertz CT molecular complexity index is 3890. The lowest BCUT2D eigenvalue weighted by Gasteiger charge is -2.41. The fourth-order valence-corrected chi connectivity index (χ4v) is 12.9. The van der Waals surface area contributed by atoms with Gasteiger partial charge in [0.25, 0.3) is 0 Å². The highest BCUT2D eigenvalue weighted by Gasteiger charge is 2.52. The van der Waals surface area contributed by atoms with Gasteiger partial charge < -0.3 is 9.13 Å². The van der Waals surface area contributed by atoms with E-state index in [0.717, 1.165) is 0 Å². The van der Waals surface area contributed by atoms with E-state index in [1.807, 2.05) is 0 Å². The Labute approximate surface area is 447 Å². The number of nitrogens with zero attached hydrogens (tertiary/aromatic N) is 2. The van der Waals surface area contributed by atoms with Crippen molar-refractivity contribution in [3.05, 3.63) is 201 Å². The summed E-state index contributed by atoms with van der Waals surface area (Å²) in [6.07, 6.45) is 0. The molecule has 0 saturated carbocycles. The third-order valence-electron chi connectivity index (χ3n) is 17.4. The second kappa shape index (κ2) is 15.7. The molecule has 0 saturated heterocycles. The molecule has 12 rings (SSSR count). The first-order valence-electron chi connectivity index (χ1n) is 27.8. The molecular weight excluding hydrogens is 905 g/mol. The SMILES string of the molecule is CC(C)(C)c1cc(-c2cc3c(cc2-n2c4ccc(C(C)(C)C)cc4c4cc(C(C)(C)C)ccc42)-n2c4ccc(C(C)(C)C)cc4c4cc(C(C)(C)C)cc(c42)C32c3ccccc3-c3ccccc32)cc(C(C)(C)C)c1. The molecule has 380 valence electrons. The van der Waals surface area contributed by atoms with Crippen molar-refractivity contribution >= 4 is 43.6 Å². The zero-order chi connectivity index (χ0) is 53.5. The standard InChI is InChI=1S/C73H78N2/c1-67(2,3)44-27-30-61-53(36-44)54-37-45(68(4,5)6)28-31-62(54)74(61)64-42-65-59(41-52(64)43-33-47(70(10,11)12)35-48(34-43)71(13,14)15)73(57-25-21-19-23-50(57)51-24-20-22-26-58(51)73)60-40-49(72(16,17)18)39-56-55-38-46(69(7,8)9)29-32-63(55)75(65)66(56)60/h19-42H,1-18H3. The van der Waals surface area contributed by atoms with Crippen molar-refractivity contribution in [1.29, 1.82) is 0 Å². The van der Waals surface area contributed by atoms with Crippen LogP contribution in [0.3, 0.4) is 0 Å². The molecule has 3 heterocycles. The Hall–Kier alpha value is -6.64. The Kier molecular flexibility index (Phi) is 10.3. The van der Waals surface area contributed by atoms with E-state index in [4.69, 9.17) is 0 Å². The summed E-state index contributed by atoms with van der Waals surface area (Å²) in [5.74, 6) is 0. The molecule has 1 aliphatic heterocycles. The molecule has 2 aromatic heterocycles. The molecule has 1 aliphatic carbocycles. The molecule has 0 amide bonds. The quantitative estimate of drug-likeness (QED) is 0.163. The van der Waals surface area contributed by atoms with Gasteiger partial charge >= 0.3 is 0 Å². The molecular formula is C73H78N2. The van der Waals surface area contributed by atoms with Gasteiger partial charge in [0.1, 0.15) is 0 Å². The summed E-state index contributed by atoms with van der Waals surface area (Å²) >= 11 is 0. The number of fused-ring (bicyclic) bond motifs is 15. The van der Waals surface area contributed by atoms with Crippen LogP contribution in [0.4, 0.5) is 0 Å². The van der Waals surface area contributed by atoms with Crippen LogP contribution in [0.15, 0.2) is 146 Å². The predicted octanol–water partition coefficient (Wildman–Crippen LogP) is 20.0. The molecule has 0 radical (unpaired) electrons. The molecule has 2 nitrogen and oxygen atoms in total. The molecule has 75 heavy (non-hydrogen) atoms. The van der Waals surface area contributed by atoms with E-state index in [-0.39, 0.29) is 32.5 Å². The van der Waals surface area contributed by atoms with Crippen LogP contribution >= 0.6 is 0 Å². The Morgan fingerprint density at radius 1 is 0.280 bits per heavy atom. The van der Waals surface area contributed by atoms with Crippen LogP contribution < -0.4 is 0 Å². The van der Waals surface area contributed by atoms with Gasteiger partial charge in [-0.2, -0.15) is 0 Å². The van der Waals surface area contributed by atoms with Crippen molar-refractivity contribution in [1.82, 2.24) is 9.13 Å². The number of rotatable bonds is 2. The summed E-state index contributed by atoms with van der Waals surface area (Å²) in [7, 11) is 0. The Balaban J connectivity index is 1.35. The number of hydrogen-bond acceptors (Lipinski definition) is 0. The average molecular weight is 983 g/mol. The van der Waals surface area contributed by atoms with Crippen molar-refractivity contribution in [3.8, 4) is 33.6 Å². The molecule has 0 unspecified atom stereocenters. The molecule has 1 spiro atoms. The predicted molar refractivity (Wildman–Crippen MR) is 324 cm³/mol. The summed E-state index contributed by atoms with van der Waals surface area (Å²) in [6, 6.07) is 58.7. The Morgan fingerprint density at radius 2 is 0.667 bits per heavy atom. The minimum atomic E-state index is -0.634. The maximum Gasteiger partial charge on any atom is 0.0754 e. The van der Waals surface area contributed by atoms with E-state index >= 15 is 0 Å². The van der Waals surface area contributed by atoms with Crippen LogP contribution in [0.25, 0.3) is 77.2 Å². The molecule has 2 heteroatoms. The topological polar surface area (TPSA) is 9.86 Å². The minimum absolute atomic E-state index is 0.0197. The summed E-state index contributed by atoms with van der Waals surface area (Å²) in [6.45, 7) is 42.5. The van der Waals surface area contributed by atoms with Crippen LogP contribution in [0.5, 0.6) is 0 Å². The largest absolute Gasteiger partial charge is 0.309 e. The van der Waals surface area contributed by atoms with Crippen LogP contribution in [0.1, 0.15) is 180 Å². The van der Waals surface area contributed by atoms with E-state index in [1.165, 1.54) is 133 Å². The first-order chi connectivity index (χ1) is 35.0. The van der Waals surface area contributed by atoms with Gasteiger partial charge in [-0.25, -0.2) is 0 Å². The lowest BCUT2D eigenvalue weighted by atomic mass is 9.64. The first kappa shape index (κ1) is 49.2. The van der Waals surface area contributed by atoms with Gasteiger partial charge in [-0.05, 0) is 159 Å². The van der Waals surface area contributed by atoms with E-state index in [2.05, 4.69) is 279 Å². The maximum atomic E-state index is 2.69. The molecule has 8 aromatic carbocycles. The van der Waals surface area contributed by atoms with E-state index in [9.17, 15) is 0 Å². The van der Waals surface area contributed by atoms with Gasteiger partial charge in [-0.3, -0.25) is 0 Å². The molecule has 2 aliphatic rings. The lowest BCUT2D eigenvalue weighted by molar-refractivity contribution is 0.569. The number of hydrogen-bond donors (Lipinski definition) is 0. The molecule has 10 aromatic rings. The third-order valence-corrected chi connectivity index (χ3v) is 17.4. The van der Waals surface area contributed by atoms with Crippen molar-refractivity contribution in [2.45, 2.75) is 163 Å². The van der Waals surface area contributed by atoms with Crippen molar-refractivity contribution in [2.24, 2.45) is 0 Å². The van der Waals surface area contributed by atoms with Gasteiger partial charge in [-0.1, -0.05) is 216 Å². The zero-order valence-electron chi connectivity index (χ0n) is 48.3. The highest BCUT2D eigenvalue weighted by atomic mass is 15.0. The van der Waals surface area contributed by atoms with Gasteiger partial charge in [0, 0.05) is 27.1 Å². The molecule has 0 fully saturated rings. The summed E-state index contributed by atoms with van der Waals surface area (Å²) < 4.78 is 5.33. The van der Waals surface area contributed by atoms with Gasteiger partial charge in [0.05, 0.1) is 38.9 Å². The van der Waals surface area contributed by atoms with E-state index in [1.54, 1.807) is 0 Å². The molecule has 0 atom stereocenters. The van der Waals surface area contributed by atoms with E-state index in [0.29, 0.717) is 0 Å². The van der Waals surface area contributed by atoms with Crippen molar-refractivity contribution in [2.75, 3.05) is 0 Å². The smallest absolute Gasteiger partial charge is 0.0754 e. The van der Waals surface area contributed by atoms with Crippen LogP contribution in [0, 0.1) is 0 Å². The fraction of sp³-hybridized carbons (Fsp3) is 0.342. The second-order valence-corrected chi connectivity index (χ2v) is 28.8. The van der Waals surface area contributed by atoms with Crippen LogP contribution in [0.2, 0.25) is 0 Å². The molecule has 0 bridgehead atoms. The minimum Gasteiger partial charge on any atom is -0.309 e. The summed E-state index contributed by atoms with van der Waals surface area (Å²) in [5, 5.41) is 5.23. The molecule has 0 N–H and O–H groups in total. The fourth-order valence-electron chi connectivity index (χ4n) is 12.9. The number of aromatic nitrogens is 2. The summed E-state index contributed by atoms with van der Waals surface area (Å²) in [4.78, 5) is 0. The zero-order valence-corrected chi connectivity index (χ0v) is 48.3. The average Bonchev–Trinajstić information content (AvgIpc) is 4.00. The monoisotopic (exact) mass is 983 g/mol. The maximum absolute atomic E-state index is 2.69. The first-order valence-corrected chi connectivity index (χ1v) is 27.8. The highest BCUT2D eigenvalue weighted by molar-refractivity contribution is 6.14. The third kappa shape index (κ3) is 7.31. The van der Waals surface area contributed by atoms with Crippen molar-refractivity contribution < 1.29 is 0 Å². The van der Waals surface area contributed by atoms with Gasteiger partial charge in [-0.15, -0.1) is 0 Å². The van der Waals surface area contributed by atoms with Gasteiger partial charge in [0.15, 0.2) is 0 Å². The normalized spacial score (nSPS) is 14.6. The van der Waals surface area contributed by atoms with Crippen LogP contribution in [-0.2, 0) is 37.9 Å².